The van der Waals surface area contributed by atoms with Crippen molar-refractivity contribution in [2.75, 3.05) is 27.9 Å². The average molecular weight is 330 g/mol. The monoisotopic (exact) mass is 329 g/mol. The third-order valence-corrected chi connectivity index (χ3v) is 4.60. The van der Waals surface area contributed by atoms with Gasteiger partial charge in [0.15, 0.2) is 11.5 Å². The fourth-order valence-electron chi connectivity index (χ4n) is 2.79. The summed E-state index contributed by atoms with van der Waals surface area (Å²) in [5, 5.41) is 0. The molecule has 0 saturated heterocycles. The van der Waals surface area contributed by atoms with Crippen molar-refractivity contribution in [1.29, 1.82) is 0 Å². The molecule has 0 bridgehead atoms. The molecule has 0 amide bonds. The lowest BCUT2D eigenvalue weighted by Crippen LogP contribution is -2.42. The molecule has 0 aromatic heterocycles. The van der Waals surface area contributed by atoms with E-state index < -0.39 is 0 Å². The van der Waals surface area contributed by atoms with Gasteiger partial charge in [0.25, 0.3) is 0 Å². The van der Waals surface area contributed by atoms with Crippen molar-refractivity contribution in [3.05, 3.63) is 16.1 Å². The van der Waals surface area contributed by atoms with Crippen molar-refractivity contribution in [1.82, 2.24) is 0 Å². The molecule has 0 spiro atoms. The molecule has 4 nitrogen and oxygen atoms in total. The van der Waals surface area contributed by atoms with Crippen molar-refractivity contribution in [3.63, 3.8) is 0 Å². The number of hydrogen-bond donors (Lipinski definition) is 1. The summed E-state index contributed by atoms with van der Waals surface area (Å²) in [6.07, 6.45) is 3.28. The molecule has 1 aromatic rings. The van der Waals surface area contributed by atoms with E-state index in [1.165, 1.54) is 6.42 Å². The lowest BCUT2D eigenvalue weighted by Gasteiger charge is -2.43. The zero-order valence-corrected chi connectivity index (χ0v) is 13.2. The van der Waals surface area contributed by atoms with Gasteiger partial charge in [-0.05, 0) is 28.8 Å². The molecule has 2 N–H and O–H groups in total. The molecular weight excluding hydrogens is 310 g/mol. The second-order valence-corrected chi connectivity index (χ2v) is 5.69. The smallest absolute Gasteiger partial charge is 0.168 e. The normalized spacial score (nSPS) is 16.7. The van der Waals surface area contributed by atoms with Crippen LogP contribution in [0, 0.1) is 0 Å². The van der Waals surface area contributed by atoms with Gasteiger partial charge in [0.05, 0.1) is 25.8 Å². The van der Waals surface area contributed by atoms with Gasteiger partial charge in [0.1, 0.15) is 5.75 Å². The quantitative estimate of drug-likeness (QED) is 0.902. The van der Waals surface area contributed by atoms with Crippen LogP contribution in [0.3, 0.4) is 0 Å². The van der Waals surface area contributed by atoms with Crippen molar-refractivity contribution < 1.29 is 14.2 Å². The van der Waals surface area contributed by atoms with Crippen LogP contribution < -0.4 is 19.9 Å². The van der Waals surface area contributed by atoms with Crippen LogP contribution in [-0.4, -0.2) is 27.9 Å². The second kappa shape index (κ2) is 5.59. The molecule has 1 aliphatic rings. The minimum Gasteiger partial charge on any atom is -0.495 e. The first-order valence-corrected chi connectivity index (χ1v) is 7.12. The topological polar surface area (TPSA) is 53.7 Å². The molecular formula is C14H20BrNO3. The van der Waals surface area contributed by atoms with Gasteiger partial charge in [-0.15, -0.1) is 0 Å². The summed E-state index contributed by atoms with van der Waals surface area (Å²) in [6.45, 7) is 0.583. The molecule has 1 saturated carbocycles. The van der Waals surface area contributed by atoms with E-state index in [-0.39, 0.29) is 5.41 Å². The summed E-state index contributed by atoms with van der Waals surface area (Å²) >= 11 is 3.54. The van der Waals surface area contributed by atoms with Crippen molar-refractivity contribution in [2.24, 2.45) is 5.73 Å². The predicted molar refractivity (Wildman–Crippen MR) is 78.4 cm³/mol. The highest BCUT2D eigenvalue weighted by Crippen LogP contribution is 2.54. The van der Waals surface area contributed by atoms with Crippen LogP contribution in [0.5, 0.6) is 17.2 Å². The summed E-state index contributed by atoms with van der Waals surface area (Å²) in [6, 6.07) is 1.87. The number of benzene rings is 1. The SMILES string of the molecule is COc1cc(Br)c(OC)c(C2(CN)CCC2)c1OC. The molecule has 2 rings (SSSR count). The summed E-state index contributed by atoms with van der Waals surface area (Å²) in [5.41, 5.74) is 6.99. The largest absolute Gasteiger partial charge is 0.495 e. The maximum absolute atomic E-state index is 6.02. The fourth-order valence-corrected chi connectivity index (χ4v) is 3.36. The highest BCUT2D eigenvalue weighted by Gasteiger charge is 2.43. The number of methoxy groups -OCH3 is 3. The van der Waals surface area contributed by atoms with Gasteiger partial charge in [0.2, 0.25) is 0 Å². The van der Waals surface area contributed by atoms with Crippen molar-refractivity contribution in [2.45, 2.75) is 24.7 Å². The molecule has 0 radical (unpaired) electrons. The minimum atomic E-state index is -0.0618. The average Bonchev–Trinajstić information content (AvgIpc) is 2.37. The van der Waals surface area contributed by atoms with Crippen molar-refractivity contribution >= 4 is 15.9 Å². The Morgan fingerprint density at radius 2 is 1.79 bits per heavy atom. The number of halogens is 1. The molecule has 106 valence electrons. The summed E-state index contributed by atoms with van der Waals surface area (Å²) < 4.78 is 17.4. The van der Waals surface area contributed by atoms with Gasteiger partial charge in [-0.25, -0.2) is 0 Å². The second-order valence-electron chi connectivity index (χ2n) is 4.84. The highest BCUT2D eigenvalue weighted by molar-refractivity contribution is 9.10. The molecule has 1 aromatic carbocycles. The Bertz CT molecular complexity index is 467. The maximum atomic E-state index is 6.02. The van der Waals surface area contributed by atoms with Crippen LogP contribution >= 0.6 is 15.9 Å². The van der Waals surface area contributed by atoms with Gasteiger partial charge in [-0.3, -0.25) is 0 Å². The molecule has 0 atom stereocenters. The van der Waals surface area contributed by atoms with E-state index in [0.717, 1.165) is 34.4 Å². The predicted octanol–water partition coefficient (Wildman–Crippen LogP) is 2.86. The number of ether oxygens (including phenoxy) is 3. The Hall–Kier alpha value is -0.940. The Kier molecular flexibility index (Phi) is 4.26. The molecule has 0 unspecified atom stereocenters. The zero-order chi connectivity index (χ0) is 14.0. The van der Waals surface area contributed by atoms with Gasteiger partial charge in [0, 0.05) is 23.6 Å². The minimum absolute atomic E-state index is 0.0618. The summed E-state index contributed by atoms with van der Waals surface area (Å²) in [5.74, 6) is 2.22. The summed E-state index contributed by atoms with van der Waals surface area (Å²) in [7, 11) is 4.95. The van der Waals surface area contributed by atoms with Crippen molar-refractivity contribution in [3.8, 4) is 17.2 Å². The van der Waals surface area contributed by atoms with Gasteiger partial charge < -0.3 is 19.9 Å². The standard InChI is InChI=1S/C14H20BrNO3/c1-17-10-7-9(15)12(18-2)11(13(10)19-3)14(8-16)5-4-6-14/h7H,4-6,8,16H2,1-3H3. The van der Waals surface area contributed by atoms with Gasteiger partial charge >= 0.3 is 0 Å². The molecule has 0 heterocycles. The van der Waals surface area contributed by atoms with Crippen LogP contribution in [-0.2, 0) is 5.41 Å². The first-order chi connectivity index (χ1) is 9.13. The molecule has 1 aliphatic carbocycles. The molecule has 1 fully saturated rings. The van der Waals surface area contributed by atoms with E-state index in [0.29, 0.717) is 12.3 Å². The van der Waals surface area contributed by atoms with E-state index in [1.807, 2.05) is 6.07 Å². The Morgan fingerprint density at radius 3 is 2.16 bits per heavy atom. The number of nitrogens with two attached hydrogens (primary N) is 1. The zero-order valence-electron chi connectivity index (χ0n) is 11.6. The van der Waals surface area contributed by atoms with E-state index in [2.05, 4.69) is 15.9 Å². The van der Waals surface area contributed by atoms with E-state index in [9.17, 15) is 0 Å². The first kappa shape index (κ1) is 14.5. The van der Waals surface area contributed by atoms with E-state index in [4.69, 9.17) is 19.9 Å². The Balaban J connectivity index is 2.70. The maximum Gasteiger partial charge on any atom is 0.168 e. The third kappa shape index (κ3) is 2.19. The highest BCUT2D eigenvalue weighted by atomic mass is 79.9. The summed E-state index contributed by atoms with van der Waals surface area (Å²) in [4.78, 5) is 0. The van der Waals surface area contributed by atoms with Crippen LogP contribution in [0.1, 0.15) is 24.8 Å². The Labute approximate surface area is 122 Å². The lowest BCUT2D eigenvalue weighted by atomic mass is 9.64. The molecule has 0 aliphatic heterocycles. The number of hydrogen-bond acceptors (Lipinski definition) is 4. The van der Waals surface area contributed by atoms with E-state index >= 15 is 0 Å². The van der Waals surface area contributed by atoms with Crippen LogP contribution in [0.25, 0.3) is 0 Å². The van der Waals surface area contributed by atoms with Gasteiger partial charge in [-0.1, -0.05) is 6.42 Å². The van der Waals surface area contributed by atoms with Gasteiger partial charge in [-0.2, -0.15) is 0 Å². The fraction of sp³-hybridized carbons (Fsp3) is 0.571. The Morgan fingerprint density at radius 1 is 1.16 bits per heavy atom. The van der Waals surface area contributed by atoms with Crippen LogP contribution in [0.15, 0.2) is 10.5 Å². The van der Waals surface area contributed by atoms with Crippen LogP contribution in [0.4, 0.5) is 0 Å². The molecule has 5 heteroatoms. The van der Waals surface area contributed by atoms with Crippen LogP contribution in [0.2, 0.25) is 0 Å². The molecule has 19 heavy (non-hydrogen) atoms. The first-order valence-electron chi connectivity index (χ1n) is 6.32. The third-order valence-electron chi connectivity index (χ3n) is 4.01. The van der Waals surface area contributed by atoms with E-state index in [1.54, 1.807) is 21.3 Å². The number of rotatable bonds is 5. The lowest BCUT2D eigenvalue weighted by molar-refractivity contribution is 0.230.